The molecule has 0 heterocycles. The molecule has 0 spiro atoms. The molecular weight excluding hydrogens is 673 g/mol. The van der Waals surface area contributed by atoms with Gasteiger partial charge in [-0.05, 0) is 12.8 Å². The smallest absolute Gasteiger partial charge is 0.457 e. The third-order valence-corrected chi connectivity index (χ3v) is 11.0. The summed E-state index contributed by atoms with van der Waals surface area (Å²) in [5.74, 6) is -0.330. The minimum Gasteiger partial charge on any atom is -0.457 e. The van der Waals surface area contributed by atoms with E-state index in [0.717, 1.165) is 32.1 Å². The largest absolute Gasteiger partial charge is 0.472 e. The second-order valence-corrected chi connectivity index (χ2v) is 16.7. The SMILES string of the molecule is CCCCCCCCCCCCCCCCCCCCCCCCCCCOCC(COP(=O)(O)OCCN)OC(=O)CCCCCCCCCC. The average molecular weight is 762 g/mol. The Kier molecular flexibility index (Phi) is 41.3. The van der Waals surface area contributed by atoms with Gasteiger partial charge in [-0.2, -0.15) is 0 Å². The fourth-order valence-electron chi connectivity index (χ4n) is 6.70. The zero-order chi connectivity index (χ0) is 38.1. The summed E-state index contributed by atoms with van der Waals surface area (Å²) in [6.07, 6.45) is 43.0. The number of esters is 1. The van der Waals surface area contributed by atoms with Crippen LogP contribution in [0.15, 0.2) is 0 Å². The summed E-state index contributed by atoms with van der Waals surface area (Å²) < 4.78 is 33.3. The van der Waals surface area contributed by atoms with Crippen LogP contribution in [0.25, 0.3) is 0 Å². The minimum atomic E-state index is -4.26. The van der Waals surface area contributed by atoms with Crippen molar-refractivity contribution in [3.8, 4) is 0 Å². The molecule has 0 aromatic heterocycles. The van der Waals surface area contributed by atoms with Gasteiger partial charge in [0.1, 0.15) is 6.10 Å². The van der Waals surface area contributed by atoms with Crippen molar-refractivity contribution in [1.82, 2.24) is 0 Å². The molecule has 2 atom stereocenters. The molecule has 0 fully saturated rings. The standard InChI is InChI=1S/C43H88NO7P/c1-3-5-7-9-11-13-14-15-16-17-18-19-20-21-22-23-24-25-26-27-28-29-31-33-35-38-48-40-42(41-50-52(46,47)49-39-37-44)51-43(45)36-34-32-30-12-10-8-6-4-2/h42H,3-41,44H2,1-2H3,(H,46,47). The van der Waals surface area contributed by atoms with Crippen LogP contribution in [0.4, 0.5) is 0 Å². The summed E-state index contributed by atoms with van der Waals surface area (Å²) >= 11 is 0. The lowest BCUT2D eigenvalue weighted by molar-refractivity contribution is -0.154. The van der Waals surface area contributed by atoms with Gasteiger partial charge in [0, 0.05) is 19.6 Å². The second-order valence-electron chi connectivity index (χ2n) is 15.3. The first kappa shape index (κ1) is 51.5. The molecule has 0 bridgehead atoms. The van der Waals surface area contributed by atoms with Gasteiger partial charge in [-0.1, -0.05) is 213 Å². The van der Waals surface area contributed by atoms with Crippen molar-refractivity contribution in [2.24, 2.45) is 5.73 Å². The predicted octanol–water partition coefficient (Wildman–Crippen LogP) is 13.3. The van der Waals surface area contributed by atoms with Crippen LogP contribution in [0.1, 0.15) is 232 Å². The van der Waals surface area contributed by atoms with E-state index in [0.29, 0.717) is 13.0 Å². The van der Waals surface area contributed by atoms with Crippen molar-refractivity contribution in [3.63, 3.8) is 0 Å². The summed E-state index contributed by atoms with van der Waals surface area (Å²) in [5.41, 5.74) is 5.36. The summed E-state index contributed by atoms with van der Waals surface area (Å²) in [6.45, 7) is 4.94. The van der Waals surface area contributed by atoms with Gasteiger partial charge in [-0.15, -0.1) is 0 Å². The number of carbonyl (C=O) groups excluding carboxylic acids is 1. The molecule has 52 heavy (non-hydrogen) atoms. The Morgan fingerprint density at radius 2 is 0.846 bits per heavy atom. The molecular formula is C43H88NO7P. The van der Waals surface area contributed by atoms with Gasteiger partial charge in [0.05, 0.1) is 19.8 Å². The number of phosphoric ester groups is 1. The van der Waals surface area contributed by atoms with Crippen LogP contribution in [0.5, 0.6) is 0 Å². The maximum absolute atomic E-state index is 12.5. The van der Waals surface area contributed by atoms with Gasteiger partial charge in [0.15, 0.2) is 0 Å². The van der Waals surface area contributed by atoms with Crippen LogP contribution in [-0.2, 0) is 27.9 Å². The highest BCUT2D eigenvalue weighted by molar-refractivity contribution is 7.47. The Morgan fingerprint density at radius 1 is 0.500 bits per heavy atom. The first-order valence-corrected chi connectivity index (χ1v) is 24.0. The van der Waals surface area contributed by atoms with Gasteiger partial charge >= 0.3 is 13.8 Å². The molecule has 9 heteroatoms. The van der Waals surface area contributed by atoms with E-state index in [-0.39, 0.29) is 32.3 Å². The molecule has 0 amide bonds. The first-order valence-electron chi connectivity index (χ1n) is 22.5. The zero-order valence-electron chi connectivity index (χ0n) is 34.6. The lowest BCUT2D eigenvalue weighted by atomic mass is 10.0. The van der Waals surface area contributed by atoms with Gasteiger partial charge < -0.3 is 20.1 Å². The molecule has 0 saturated carbocycles. The summed E-state index contributed by atoms with van der Waals surface area (Å²) in [6, 6.07) is 0. The van der Waals surface area contributed by atoms with Crippen molar-refractivity contribution in [2.75, 3.05) is 33.0 Å². The lowest BCUT2D eigenvalue weighted by Crippen LogP contribution is -2.28. The van der Waals surface area contributed by atoms with Crippen LogP contribution >= 0.6 is 7.82 Å². The number of hydrogen-bond acceptors (Lipinski definition) is 7. The highest BCUT2D eigenvalue weighted by atomic mass is 31.2. The Balaban J connectivity index is 3.75. The monoisotopic (exact) mass is 762 g/mol. The van der Waals surface area contributed by atoms with E-state index in [4.69, 9.17) is 24.3 Å². The number of phosphoric acid groups is 1. The molecule has 0 aromatic rings. The van der Waals surface area contributed by atoms with Crippen molar-refractivity contribution in [2.45, 2.75) is 238 Å². The van der Waals surface area contributed by atoms with E-state index in [1.807, 2.05) is 0 Å². The number of carbonyl (C=O) groups is 1. The molecule has 0 aliphatic rings. The highest BCUT2D eigenvalue weighted by Gasteiger charge is 2.25. The van der Waals surface area contributed by atoms with E-state index >= 15 is 0 Å². The van der Waals surface area contributed by atoms with Gasteiger partial charge in [-0.3, -0.25) is 13.8 Å². The maximum Gasteiger partial charge on any atom is 0.472 e. The van der Waals surface area contributed by atoms with E-state index in [9.17, 15) is 14.3 Å². The normalized spacial score (nSPS) is 13.4. The number of rotatable bonds is 44. The summed E-state index contributed by atoms with van der Waals surface area (Å²) in [5, 5.41) is 0. The molecule has 0 radical (unpaired) electrons. The third-order valence-electron chi connectivity index (χ3n) is 10.0. The van der Waals surface area contributed by atoms with E-state index in [1.165, 1.54) is 180 Å². The molecule has 3 N–H and O–H groups in total. The number of ether oxygens (including phenoxy) is 2. The van der Waals surface area contributed by atoms with E-state index in [1.54, 1.807) is 0 Å². The van der Waals surface area contributed by atoms with Gasteiger partial charge in [0.25, 0.3) is 0 Å². The van der Waals surface area contributed by atoms with Crippen LogP contribution < -0.4 is 5.73 Å². The molecule has 0 aromatic carbocycles. The molecule has 0 aliphatic heterocycles. The predicted molar refractivity (Wildman–Crippen MR) is 220 cm³/mol. The zero-order valence-corrected chi connectivity index (χ0v) is 35.5. The van der Waals surface area contributed by atoms with Crippen LogP contribution in [0.2, 0.25) is 0 Å². The van der Waals surface area contributed by atoms with Crippen molar-refractivity contribution >= 4 is 13.8 Å². The van der Waals surface area contributed by atoms with Gasteiger partial charge in [-0.25, -0.2) is 4.57 Å². The van der Waals surface area contributed by atoms with E-state index < -0.39 is 13.9 Å². The highest BCUT2D eigenvalue weighted by Crippen LogP contribution is 2.43. The molecule has 0 aliphatic carbocycles. The number of hydrogen-bond donors (Lipinski definition) is 2. The lowest BCUT2D eigenvalue weighted by Gasteiger charge is -2.20. The fourth-order valence-corrected chi connectivity index (χ4v) is 7.47. The number of nitrogens with two attached hydrogens (primary N) is 1. The molecule has 0 saturated heterocycles. The minimum absolute atomic E-state index is 0.0905. The Labute approximate surface area is 322 Å². The Morgan fingerprint density at radius 3 is 1.21 bits per heavy atom. The average Bonchev–Trinajstić information content (AvgIpc) is 3.13. The molecule has 8 nitrogen and oxygen atoms in total. The Hall–Kier alpha value is -0.500. The van der Waals surface area contributed by atoms with Crippen molar-refractivity contribution in [1.29, 1.82) is 0 Å². The quantitative estimate of drug-likeness (QED) is 0.0358. The first-order chi connectivity index (χ1) is 25.4. The van der Waals surface area contributed by atoms with Crippen LogP contribution in [0.3, 0.4) is 0 Å². The fraction of sp³-hybridized carbons (Fsp3) is 0.977. The Bertz CT molecular complexity index is 772. The number of unbranched alkanes of at least 4 members (excludes halogenated alkanes) is 31. The van der Waals surface area contributed by atoms with E-state index in [2.05, 4.69) is 13.8 Å². The van der Waals surface area contributed by atoms with Crippen molar-refractivity contribution < 1.29 is 32.8 Å². The summed E-state index contributed by atoms with van der Waals surface area (Å²) in [7, 11) is -4.26. The van der Waals surface area contributed by atoms with Gasteiger partial charge in [0.2, 0.25) is 0 Å². The summed E-state index contributed by atoms with van der Waals surface area (Å²) in [4.78, 5) is 22.3. The van der Waals surface area contributed by atoms with Crippen LogP contribution in [0, 0.1) is 0 Å². The third kappa shape index (κ3) is 40.7. The second kappa shape index (κ2) is 41.7. The molecule has 312 valence electrons. The topological polar surface area (TPSA) is 117 Å². The maximum atomic E-state index is 12.5. The van der Waals surface area contributed by atoms with Crippen LogP contribution in [-0.4, -0.2) is 49.9 Å². The van der Waals surface area contributed by atoms with Crippen molar-refractivity contribution in [3.05, 3.63) is 0 Å². The molecule has 2 unspecified atom stereocenters. The molecule has 0 rings (SSSR count).